The normalized spacial score (nSPS) is 13.8. The van der Waals surface area contributed by atoms with E-state index in [1.807, 2.05) is 26.0 Å². The Morgan fingerprint density at radius 1 is 1.25 bits per heavy atom. The summed E-state index contributed by atoms with van der Waals surface area (Å²) in [4.78, 5) is 47.5. The molecule has 1 aromatic rings. The first-order chi connectivity index (χ1) is 11.4. The molecule has 1 fully saturated rings. The highest BCUT2D eigenvalue weighted by atomic mass is 16.5. The average molecular weight is 332 g/mol. The molecule has 1 aromatic carbocycles. The van der Waals surface area contributed by atoms with Crippen LogP contribution in [0.4, 0.5) is 4.79 Å². The number of hydrogen-bond acceptors (Lipinski definition) is 5. The molecular formula is C17H20N2O5. The lowest BCUT2D eigenvalue weighted by atomic mass is 10.0. The minimum Gasteiger partial charge on any atom is -0.457 e. The van der Waals surface area contributed by atoms with E-state index in [1.54, 1.807) is 6.07 Å². The van der Waals surface area contributed by atoms with Gasteiger partial charge in [0, 0.05) is 18.5 Å². The Hall–Kier alpha value is -2.70. The maximum atomic E-state index is 12.1. The molecule has 1 heterocycles. The first-order valence-electron chi connectivity index (χ1n) is 7.72. The number of carbonyl (C=O) groups is 4. The number of benzene rings is 1. The molecule has 3 amide bonds. The number of ketones is 1. The van der Waals surface area contributed by atoms with Gasteiger partial charge in [-0.2, -0.15) is 0 Å². The Labute approximate surface area is 140 Å². The van der Waals surface area contributed by atoms with Crippen molar-refractivity contribution in [2.45, 2.75) is 26.7 Å². The largest absolute Gasteiger partial charge is 0.457 e. The number of hydrogen-bond donors (Lipinski definition) is 1. The Morgan fingerprint density at radius 3 is 2.62 bits per heavy atom. The van der Waals surface area contributed by atoms with E-state index < -0.39 is 12.0 Å². The van der Waals surface area contributed by atoms with Crippen molar-refractivity contribution in [3.63, 3.8) is 0 Å². The Kier molecular flexibility index (Phi) is 5.68. The molecule has 7 heteroatoms. The summed E-state index contributed by atoms with van der Waals surface area (Å²) in [6, 6.07) is 5.00. The number of imide groups is 1. The van der Waals surface area contributed by atoms with Crippen LogP contribution in [0.15, 0.2) is 18.2 Å². The molecule has 7 nitrogen and oxygen atoms in total. The van der Waals surface area contributed by atoms with Crippen molar-refractivity contribution in [1.82, 2.24) is 10.2 Å². The minimum absolute atomic E-state index is 0.00627. The SMILES string of the molecule is Cc1ccc(C(=O)COC(=O)CCCN2C(=O)CNC2=O)c(C)c1. The maximum Gasteiger partial charge on any atom is 0.324 e. The maximum absolute atomic E-state index is 12.1. The van der Waals surface area contributed by atoms with Gasteiger partial charge in [0.05, 0.1) is 6.54 Å². The first kappa shape index (κ1) is 17.7. The van der Waals surface area contributed by atoms with Crippen molar-refractivity contribution in [3.8, 4) is 0 Å². The third kappa shape index (κ3) is 4.41. The lowest BCUT2D eigenvalue weighted by molar-refractivity contribution is -0.142. The van der Waals surface area contributed by atoms with E-state index in [1.165, 1.54) is 0 Å². The van der Waals surface area contributed by atoms with Gasteiger partial charge in [0.25, 0.3) is 0 Å². The summed E-state index contributed by atoms with van der Waals surface area (Å²) in [7, 11) is 0. The fourth-order valence-corrected chi connectivity index (χ4v) is 2.49. The van der Waals surface area contributed by atoms with Gasteiger partial charge < -0.3 is 10.1 Å². The van der Waals surface area contributed by atoms with Gasteiger partial charge in [-0.3, -0.25) is 19.3 Å². The number of amides is 3. The number of nitrogens with zero attached hydrogens (tertiary/aromatic N) is 1. The molecule has 0 bridgehead atoms. The third-order valence-electron chi connectivity index (χ3n) is 3.75. The van der Waals surface area contributed by atoms with Gasteiger partial charge in [0.2, 0.25) is 11.7 Å². The third-order valence-corrected chi connectivity index (χ3v) is 3.75. The van der Waals surface area contributed by atoms with Gasteiger partial charge in [-0.1, -0.05) is 23.8 Å². The number of urea groups is 1. The van der Waals surface area contributed by atoms with E-state index in [0.717, 1.165) is 16.0 Å². The van der Waals surface area contributed by atoms with Crippen molar-refractivity contribution >= 4 is 23.7 Å². The molecule has 24 heavy (non-hydrogen) atoms. The van der Waals surface area contributed by atoms with E-state index in [2.05, 4.69) is 5.32 Å². The van der Waals surface area contributed by atoms with E-state index in [4.69, 9.17) is 4.74 Å². The smallest absolute Gasteiger partial charge is 0.324 e. The number of ether oxygens (including phenoxy) is 1. The summed E-state index contributed by atoms with van der Waals surface area (Å²) < 4.78 is 4.97. The zero-order valence-corrected chi connectivity index (χ0v) is 13.8. The topological polar surface area (TPSA) is 92.8 Å². The minimum atomic E-state index is -0.528. The van der Waals surface area contributed by atoms with Crippen molar-refractivity contribution in [2.24, 2.45) is 0 Å². The number of aryl methyl sites for hydroxylation is 2. The van der Waals surface area contributed by atoms with E-state index in [-0.39, 0.29) is 37.8 Å². The Morgan fingerprint density at radius 2 is 2.00 bits per heavy atom. The number of carbonyl (C=O) groups excluding carboxylic acids is 4. The second-order valence-electron chi connectivity index (χ2n) is 5.71. The van der Waals surface area contributed by atoms with Crippen LogP contribution in [-0.4, -0.2) is 48.3 Å². The van der Waals surface area contributed by atoms with Gasteiger partial charge in [0.15, 0.2) is 6.61 Å². The zero-order valence-electron chi connectivity index (χ0n) is 13.8. The van der Waals surface area contributed by atoms with Crippen LogP contribution in [0.1, 0.15) is 34.3 Å². The van der Waals surface area contributed by atoms with Crippen LogP contribution in [0.25, 0.3) is 0 Å². The van der Waals surface area contributed by atoms with Crippen molar-refractivity contribution < 1.29 is 23.9 Å². The van der Waals surface area contributed by atoms with Crippen molar-refractivity contribution in [3.05, 3.63) is 34.9 Å². The molecule has 0 saturated carbocycles. The monoisotopic (exact) mass is 332 g/mol. The molecule has 1 saturated heterocycles. The molecular weight excluding hydrogens is 312 g/mol. The molecule has 0 atom stereocenters. The van der Waals surface area contributed by atoms with Crippen molar-refractivity contribution in [1.29, 1.82) is 0 Å². The molecule has 0 aromatic heterocycles. The highest BCUT2D eigenvalue weighted by Gasteiger charge is 2.27. The number of Topliss-reactive ketones (excluding diaryl/α,β-unsaturated/α-hetero) is 1. The predicted molar refractivity (Wildman–Crippen MR) is 85.6 cm³/mol. The zero-order chi connectivity index (χ0) is 17.7. The summed E-state index contributed by atoms with van der Waals surface area (Å²) in [5, 5.41) is 2.40. The Bertz CT molecular complexity index is 668. The summed E-state index contributed by atoms with van der Waals surface area (Å²) in [6.45, 7) is 3.61. The van der Waals surface area contributed by atoms with Crippen LogP contribution in [0.5, 0.6) is 0 Å². The van der Waals surface area contributed by atoms with Crippen LogP contribution < -0.4 is 5.32 Å². The first-order valence-corrected chi connectivity index (χ1v) is 7.72. The van der Waals surface area contributed by atoms with E-state index >= 15 is 0 Å². The lowest BCUT2D eigenvalue weighted by Crippen LogP contribution is -2.32. The second kappa shape index (κ2) is 7.72. The lowest BCUT2D eigenvalue weighted by Gasteiger charge is -2.11. The molecule has 1 aliphatic rings. The molecule has 1 N–H and O–H groups in total. The van der Waals surface area contributed by atoms with Crippen LogP contribution in [0.2, 0.25) is 0 Å². The number of esters is 1. The second-order valence-corrected chi connectivity index (χ2v) is 5.71. The van der Waals surface area contributed by atoms with Gasteiger partial charge in [-0.25, -0.2) is 4.79 Å². The van der Waals surface area contributed by atoms with Crippen LogP contribution in [-0.2, 0) is 14.3 Å². The highest BCUT2D eigenvalue weighted by molar-refractivity contribution is 6.02. The molecule has 0 unspecified atom stereocenters. The standard InChI is InChI=1S/C17H20N2O5/c1-11-5-6-13(12(2)8-11)14(20)10-24-16(22)4-3-7-19-15(21)9-18-17(19)23/h5-6,8H,3-4,7,9-10H2,1-2H3,(H,18,23). The molecule has 0 radical (unpaired) electrons. The molecule has 0 spiro atoms. The molecule has 1 aliphatic heterocycles. The van der Waals surface area contributed by atoms with Crippen molar-refractivity contribution in [2.75, 3.05) is 19.7 Å². The highest BCUT2D eigenvalue weighted by Crippen LogP contribution is 2.11. The molecule has 128 valence electrons. The fourth-order valence-electron chi connectivity index (χ4n) is 2.49. The van der Waals surface area contributed by atoms with Crippen LogP contribution >= 0.6 is 0 Å². The summed E-state index contributed by atoms with van der Waals surface area (Å²) in [5.74, 6) is -1.09. The van der Waals surface area contributed by atoms with Gasteiger partial charge in [-0.15, -0.1) is 0 Å². The number of rotatable bonds is 7. The summed E-state index contributed by atoms with van der Waals surface area (Å²) in [6.07, 6.45) is 0.340. The van der Waals surface area contributed by atoms with Crippen LogP contribution in [0, 0.1) is 13.8 Å². The average Bonchev–Trinajstić information content (AvgIpc) is 2.84. The summed E-state index contributed by atoms with van der Waals surface area (Å²) in [5.41, 5.74) is 2.43. The van der Waals surface area contributed by atoms with Crippen LogP contribution in [0.3, 0.4) is 0 Å². The predicted octanol–water partition coefficient (Wildman–Crippen LogP) is 1.36. The van der Waals surface area contributed by atoms with Gasteiger partial charge in [0.1, 0.15) is 0 Å². The van der Waals surface area contributed by atoms with Gasteiger partial charge in [-0.05, 0) is 25.8 Å². The van der Waals surface area contributed by atoms with E-state index in [0.29, 0.717) is 12.0 Å². The summed E-state index contributed by atoms with van der Waals surface area (Å²) >= 11 is 0. The Balaban J connectivity index is 1.74. The van der Waals surface area contributed by atoms with Gasteiger partial charge >= 0.3 is 12.0 Å². The molecule has 2 rings (SSSR count). The van der Waals surface area contributed by atoms with E-state index in [9.17, 15) is 19.2 Å². The number of nitrogens with one attached hydrogen (secondary N) is 1. The fraction of sp³-hybridized carbons (Fsp3) is 0.412. The quantitative estimate of drug-likeness (QED) is 0.462. The molecule has 0 aliphatic carbocycles.